The molecule has 8 bridgehead atoms. The summed E-state index contributed by atoms with van der Waals surface area (Å²) in [4.78, 5) is 0. The van der Waals surface area contributed by atoms with Crippen LogP contribution in [0.15, 0.2) is 73.8 Å². The Hall–Kier alpha value is -5.34. The first-order valence-corrected chi connectivity index (χ1v) is 31.3. The molecule has 0 N–H and O–H groups in total. The van der Waals surface area contributed by atoms with Crippen LogP contribution < -0.4 is 81.0 Å². The van der Waals surface area contributed by atoms with Crippen LogP contribution in [0.1, 0.15) is 249 Å². The third kappa shape index (κ3) is 13.0. The van der Waals surface area contributed by atoms with Crippen LogP contribution in [-0.2, 0) is 26.2 Å². The van der Waals surface area contributed by atoms with Gasteiger partial charge in [-0.1, -0.05) is 131 Å². The van der Waals surface area contributed by atoms with Gasteiger partial charge in [-0.25, -0.2) is 18.3 Å². The molecule has 2 atom stereocenters. The molecule has 0 spiro atoms. The molecule has 0 amide bonds. The Labute approximate surface area is 509 Å². The minimum Gasteiger partial charge on any atom is -1.00 e. The first-order chi connectivity index (χ1) is 39.4. The van der Waals surface area contributed by atoms with E-state index in [4.69, 9.17) is 37.9 Å². The largest absolute Gasteiger partial charge is 1.00 e. The van der Waals surface area contributed by atoms with Crippen molar-refractivity contribution in [2.45, 2.75) is 220 Å². The molecule has 82 heavy (non-hydrogen) atoms. The lowest BCUT2D eigenvalue weighted by molar-refractivity contribution is -0.688. The van der Waals surface area contributed by atoms with Gasteiger partial charge >= 0.3 is 0 Å². The van der Waals surface area contributed by atoms with E-state index < -0.39 is 0 Å². The lowest BCUT2D eigenvalue weighted by Crippen LogP contribution is -3.00. The van der Waals surface area contributed by atoms with Crippen LogP contribution in [0.25, 0.3) is 0 Å². The highest BCUT2D eigenvalue weighted by Gasteiger charge is 2.40. The summed E-state index contributed by atoms with van der Waals surface area (Å²) in [6, 6.07) is 14.3. The van der Waals surface area contributed by atoms with Crippen molar-refractivity contribution in [3.05, 3.63) is 129 Å². The van der Waals surface area contributed by atoms with Gasteiger partial charge in [0.05, 0.1) is 24.2 Å². The maximum atomic E-state index is 7.28. The van der Waals surface area contributed by atoms with Gasteiger partial charge in [0.15, 0.2) is 0 Å². The number of aryl methyl sites for hydroxylation is 2. The summed E-state index contributed by atoms with van der Waals surface area (Å²) in [7, 11) is 0. The zero-order valence-electron chi connectivity index (χ0n) is 49.8. The molecule has 0 fully saturated rings. The molecule has 2 unspecified atom stereocenters. The predicted octanol–water partition coefficient (Wildman–Crippen LogP) is 9.65. The van der Waals surface area contributed by atoms with Crippen LogP contribution >= 0.6 is 0 Å². The fourth-order valence-corrected chi connectivity index (χ4v) is 13.6. The van der Waals surface area contributed by atoms with Gasteiger partial charge < -0.3 is 71.9 Å². The first kappa shape index (κ1) is 61.2. The second kappa shape index (κ2) is 29.0. The molecule has 5 aliphatic rings. The van der Waals surface area contributed by atoms with E-state index in [0.717, 1.165) is 199 Å². The van der Waals surface area contributed by atoms with Gasteiger partial charge in [0.25, 0.3) is 0 Å². The summed E-state index contributed by atoms with van der Waals surface area (Å²) >= 11 is 0. The van der Waals surface area contributed by atoms with Gasteiger partial charge in [-0.2, -0.15) is 0 Å². The monoisotopic (exact) mass is 1250 g/mol. The summed E-state index contributed by atoms with van der Waals surface area (Å²) in [5.41, 5.74) is 11.6. The number of hydrogen-bond donors (Lipinski definition) is 0. The number of benzene rings is 4. The van der Waals surface area contributed by atoms with Gasteiger partial charge in [-0.3, -0.25) is 0 Å². The molecule has 0 saturated heterocycles. The molecule has 11 rings (SSSR count). The second-order valence-electron chi connectivity index (χ2n) is 23.4. The molecule has 0 radical (unpaired) electrons. The van der Waals surface area contributed by atoms with Crippen molar-refractivity contribution in [2.24, 2.45) is 0 Å². The average Bonchev–Trinajstić information content (AvgIpc) is 3.97. The Morgan fingerprint density at radius 1 is 0.354 bits per heavy atom. The fourth-order valence-electron chi connectivity index (χ4n) is 13.6. The smallest absolute Gasteiger partial charge is 0.244 e. The number of unbranched alkanes of at least 4 members (excludes halogenated alkanes) is 10. The molecule has 4 aliphatic heterocycles. The topological polar surface area (TPSA) is 91.5 Å². The van der Waals surface area contributed by atoms with E-state index in [-0.39, 0.29) is 84.8 Å². The average molecular weight is 1250 g/mol. The SMILES string of the molecule is CCCCCC1c2cc3c4cc2OCOc2cc5c(cc21)C(CCCCC)c1cc2c(c(C[n+]6ccn(CCCC)c6)c1OCO5)OCOc1c(cc(c(c1C[n+]1ccn(CCCC)c1)OCO4)C3CCCCC)C2CCCCC.[Br-].[Br-]. The van der Waals surface area contributed by atoms with Crippen molar-refractivity contribution in [1.29, 1.82) is 0 Å². The van der Waals surface area contributed by atoms with E-state index in [1.54, 1.807) is 0 Å². The van der Waals surface area contributed by atoms with Gasteiger partial charge in [-0.15, -0.1) is 0 Å². The molecule has 4 aromatic carbocycles. The van der Waals surface area contributed by atoms with E-state index >= 15 is 0 Å². The molecule has 6 aromatic rings. The van der Waals surface area contributed by atoms with Crippen LogP contribution in [-0.4, -0.2) is 36.3 Å². The molecule has 12 nitrogen and oxygen atoms in total. The number of rotatable bonds is 26. The molecule has 0 saturated carbocycles. The Kier molecular flexibility index (Phi) is 21.6. The number of imidazole rings is 2. The Bertz CT molecular complexity index is 2890. The summed E-state index contributed by atoms with van der Waals surface area (Å²) in [6.07, 6.45) is 34.7. The van der Waals surface area contributed by atoms with Gasteiger partial charge in [0.2, 0.25) is 39.8 Å². The first-order valence-electron chi connectivity index (χ1n) is 31.3. The van der Waals surface area contributed by atoms with Gasteiger partial charge in [0.1, 0.15) is 83.9 Å². The number of aromatic nitrogens is 4. The van der Waals surface area contributed by atoms with Crippen LogP contribution in [0, 0.1) is 0 Å². The van der Waals surface area contributed by atoms with Crippen LogP contribution in [0.2, 0.25) is 0 Å². The Morgan fingerprint density at radius 2 is 0.634 bits per heavy atom. The highest BCUT2D eigenvalue weighted by atomic mass is 79.9. The Balaban J connectivity index is 0.00000405. The highest BCUT2D eigenvalue weighted by Crippen LogP contribution is 2.57. The minimum absolute atomic E-state index is 0. The predicted molar refractivity (Wildman–Crippen MR) is 311 cm³/mol. The number of nitrogens with zero attached hydrogens (tertiary/aromatic N) is 4. The van der Waals surface area contributed by atoms with E-state index in [2.05, 4.69) is 134 Å². The van der Waals surface area contributed by atoms with Crippen LogP contribution in [0.4, 0.5) is 0 Å². The van der Waals surface area contributed by atoms with Crippen LogP contribution in [0.5, 0.6) is 46.0 Å². The summed E-state index contributed by atoms with van der Waals surface area (Å²) < 4.78 is 65.4. The summed E-state index contributed by atoms with van der Waals surface area (Å²) in [5, 5.41) is 0. The number of hydrogen-bond acceptors (Lipinski definition) is 8. The van der Waals surface area contributed by atoms with Crippen LogP contribution in [0.3, 0.4) is 0 Å². The Morgan fingerprint density at radius 3 is 0.963 bits per heavy atom. The van der Waals surface area contributed by atoms with Crippen molar-refractivity contribution in [1.82, 2.24) is 9.13 Å². The molecule has 14 heteroatoms. The van der Waals surface area contributed by atoms with Crippen molar-refractivity contribution < 1.29 is 81.0 Å². The van der Waals surface area contributed by atoms with Gasteiger partial charge in [0, 0.05) is 80.3 Å². The zero-order chi connectivity index (χ0) is 55.0. The van der Waals surface area contributed by atoms with E-state index in [0.29, 0.717) is 13.1 Å². The third-order valence-electron chi connectivity index (χ3n) is 17.8. The van der Waals surface area contributed by atoms with Crippen molar-refractivity contribution >= 4 is 0 Å². The lowest BCUT2D eigenvalue weighted by atomic mass is 9.75. The molecular weight excluding hydrogens is 1160 g/mol. The van der Waals surface area contributed by atoms with E-state index in [1.165, 1.54) is 44.5 Å². The maximum Gasteiger partial charge on any atom is 0.244 e. The standard InChI is InChI=1S/C68H90N4O8.2BrH/c1-7-13-19-23-47-51-33-53-48(24-20-14-8-2)55-35-57-50(26-22-16-10-4)58-36-56-49(25-21-15-9-3)54-34-52(47)62-38-64(54)76-45-78-66(56)60(40-72-32-30-70(42-72)28-18-12-6)68(58)80-46-79-67(57)59(39-71-31-29-69(41-71)27-17-11-5)65(55)77-44-75-63(53)37-61(51)73-43-74-62;;/h29-38,41-42,47-50H,7-28,39-40,43-46H2,1-6H3;2*1H/q+2;;/p-2. The fraction of sp³-hybridized carbons (Fsp3) is 0.559. The number of halogens is 2. The molecule has 444 valence electrons. The number of ether oxygens (including phenoxy) is 8. The summed E-state index contributed by atoms with van der Waals surface area (Å²) in [5.74, 6) is 6.40. The molecule has 2 aromatic heterocycles. The van der Waals surface area contributed by atoms with Crippen molar-refractivity contribution in [3.63, 3.8) is 0 Å². The molecular formula is C68H90Br2N4O8. The minimum atomic E-state index is -0.0905. The zero-order valence-corrected chi connectivity index (χ0v) is 53.0. The van der Waals surface area contributed by atoms with E-state index in [1.807, 2.05) is 0 Å². The van der Waals surface area contributed by atoms with Crippen molar-refractivity contribution in [3.8, 4) is 46.0 Å². The highest BCUT2D eigenvalue weighted by molar-refractivity contribution is 5.67. The maximum absolute atomic E-state index is 7.28. The van der Waals surface area contributed by atoms with Gasteiger partial charge in [-0.05, 0) is 62.8 Å². The normalized spacial score (nSPS) is 17.7. The van der Waals surface area contributed by atoms with Crippen molar-refractivity contribution in [2.75, 3.05) is 27.2 Å². The second-order valence-corrected chi connectivity index (χ2v) is 23.4. The lowest BCUT2D eigenvalue weighted by Gasteiger charge is -2.36. The third-order valence-corrected chi connectivity index (χ3v) is 17.8. The van der Waals surface area contributed by atoms with E-state index in [9.17, 15) is 0 Å². The molecule has 6 heterocycles. The summed E-state index contributed by atoms with van der Waals surface area (Å²) in [6.45, 7) is 16.9. The molecule has 1 aliphatic carbocycles. The quantitative estimate of drug-likeness (QED) is 0.0392.